The van der Waals surface area contributed by atoms with Gasteiger partial charge in [0, 0.05) is 6.04 Å². The second-order valence-electron chi connectivity index (χ2n) is 4.16. The van der Waals surface area contributed by atoms with Gasteiger partial charge in [0.25, 0.3) is 0 Å². The van der Waals surface area contributed by atoms with E-state index in [1.807, 2.05) is 0 Å². The second-order valence-corrected chi connectivity index (χ2v) is 4.16. The van der Waals surface area contributed by atoms with Crippen LogP contribution in [0.1, 0.15) is 33.1 Å². The predicted octanol–water partition coefficient (Wildman–Crippen LogP) is 1.46. The van der Waals surface area contributed by atoms with Crippen LogP contribution in [0.5, 0.6) is 0 Å². The Kier molecular flexibility index (Phi) is 4.02. The topological polar surface area (TPSA) is 29.3 Å². The van der Waals surface area contributed by atoms with Gasteiger partial charge in [-0.25, -0.2) is 0 Å². The van der Waals surface area contributed by atoms with Gasteiger partial charge in [0.05, 0.1) is 0 Å². The van der Waals surface area contributed by atoms with Crippen molar-refractivity contribution in [3.63, 3.8) is 0 Å². The number of nitrogens with zero attached hydrogens (tertiary/aromatic N) is 1. The Bertz CT molecular complexity index is 125. The van der Waals surface area contributed by atoms with Crippen LogP contribution >= 0.6 is 0 Å². The summed E-state index contributed by atoms with van der Waals surface area (Å²) in [6.45, 7) is 7.96. The minimum absolute atomic E-state index is 0.692. The molecule has 1 aliphatic heterocycles. The normalized spacial score (nSPS) is 27.8. The lowest BCUT2D eigenvalue weighted by Gasteiger charge is -2.22. The van der Waals surface area contributed by atoms with Crippen molar-refractivity contribution in [2.45, 2.75) is 39.2 Å². The summed E-state index contributed by atoms with van der Waals surface area (Å²) >= 11 is 0. The molecule has 0 aromatic carbocycles. The third-order valence-corrected chi connectivity index (χ3v) is 3.00. The molecule has 2 N–H and O–H groups in total. The number of likely N-dealkylation sites (tertiary alicyclic amines) is 1. The lowest BCUT2D eigenvalue weighted by Crippen LogP contribution is -2.29. The van der Waals surface area contributed by atoms with Crippen LogP contribution in [0.25, 0.3) is 0 Å². The quantitative estimate of drug-likeness (QED) is 0.692. The van der Waals surface area contributed by atoms with Crippen LogP contribution in [0.15, 0.2) is 0 Å². The molecule has 2 heteroatoms. The van der Waals surface area contributed by atoms with Crippen molar-refractivity contribution in [1.29, 1.82) is 0 Å². The summed E-state index contributed by atoms with van der Waals surface area (Å²) in [7, 11) is 0. The molecule has 1 fully saturated rings. The van der Waals surface area contributed by atoms with Crippen molar-refractivity contribution >= 4 is 0 Å². The molecule has 0 aliphatic carbocycles. The molecule has 0 aromatic heterocycles. The molecular weight excluding hydrogens is 148 g/mol. The zero-order valence-corrected chi connectivity index (χ0v) is 8.42. The Morgan fingerprint density at radius 3 is 2.83 bits per heavy atom. The van der Waals surface area contributed by atoms with Crippen LogP contribution in [0.4, 0.5) is 0 Å². The summed E-state index contributed by atoms with van der Waals surface area (Å²) in [5.74, 6) is 0.692. The smallest absolute Gasteiger partial charge is 0.00674 e. The fourth-order valence-corrected chi connectivity index (χ4v) is 1.83. The monoisotopic (exact) mass is 170 g/mol. The first-order valence-electron chi connectivity index (χ1n) is 5.18. The molecule has 1 saturated heterocycles. The molecule has 0 aromatic rings. The molecule has 1 aliphatic rings. The molecule has 1 rings (SSSR count). The number of nitrogens with two attached hydrogens (primary N) is 1. The average molecular weight is 170 g/mol. The molecule has 2 nitrogen and oxygen atoms in total. The summed E-state index contributed by atoms with van der Waals surface area (Å²) in [4.78, 5) is 2.59. The van der Waals surface area contributed by atoms with Gasteiger partial charge >= 0.3 is 0 Å². The fourth-order valence-electron chi connectivity index (χ4n) is 1.83. The zero-order chi connectivity index (χ0) is 8.97. The van der Waals surface area contributed by atoms with Crippen molar-refractivity contribution in [3.05, 3.63) is 0 Å². The summed E-state index contributed by atoms with van der Waals surface area (Å²) in [5, 5.41) is 0. The van der Waals surface area contributed by atoms with E-state index in [4.69, 9.17) is 5.73 Å². The van der Waals surface area contributed by atoms with E-state index in [1.54, 1.807) is 0 Å². The van der Waals surface area contributed by atoms with E-state index in [1.165, 1.54) is 32.4 Å². The molecule has 2 unspecified atom stereocenters. The maximum Gasteiger partial charge on any atom is 0.00674 e. The summed E-state index contributed by atoms with van der Waals surface area (Å²) in [6, 6.07) is 0.815. The largest absolute Gasteiger partial charge is 0.330 e. The van der Waals surface area contributed by atoms with Crippen molar-refractivity contribution in [2.24, 2.45) is 11.7 Å². The van der Waals surface area contributed by atoms with Gasteiger partial charge in [0.2, 0.25) is 0 Å². The third kappa shape index (κ3) is 2.76. The van der Waals surface area contributed by atoms with Crippen LogP contribution in [0.3, 0.4) is 0 Å². The third-order valence-electron chi connectivity index (χ3n) is 3.00. The number of rotatable bonds is 4. The number of hydrogen-bond acceptors (Lipinski definition) is 2. The number of hydrogen-bond donors (Lipinski definition) is 1. The van der Waals surface area contributed by atoms with E-state index in [9.17, 15) is 0 Å². The Morgan fingerprint density at radius 1 is 1.58 bits per heavy atom. The van der Waals surface area contributed by atoms with Gasteiger partial charge in [0.15, 0.2) is 0 Å². The molecule has 0 bridgehead atoms. The zero-order valence-electron chi connectivity index (χ0n) is 8.42. The van der Waals surface area contributed by atoms with Crippen molar-refractivity contribution in [2.75, 3.05) is 19.6 Å². The van der Waals surface area contributed by atoms with E-state index in [-0.39, 0.29) is 0 Å². The summed E-state index contributed by atoms with van der Waals surface area (Å²) in [6.07, 6.45) is 4.04. The van der Waals surface area contributed by atoms with Crippen LogP contribution in [-0.4, -0.2) is 30.6 Å². The van der Waals surface area contributed by atoms with Gasteiger partial charge in [-0.2, -0.15) is 0 Å². The van der Waals surface area contributed by atoms with E-state index in [2.05, 4.69) is 18.7 Å². The Balaban J connectivity index is 2.13. The first kappa shape index (κ1) is 10.0. The molecular formula is C10H22N2. The van der Waals surface area contributed by atoms with Crippen LogP contribution < -0.4 is 5.73 Å². The molecule has 12 heavy (non-hydrogen) atoms. The average Bonchev–Trinajstić information content (AvgIpc) is 2.47. The van der Waals surface area contributed by atoms with Crippen LogP contribution in [-0.2, 0) is 0 Å². The molecule has 2 atom stereocenters. The molecule has 0 radical (unpaired) electrons. The Hall–Kier alpha value is -0.0800. The van der Waals surface area contributed by atoms with E-state index >= 15 is 0 Å². The highest BCUT2D eigenvalue weighted by Crippen LogP contribution is 2.17. The lowest BCUT2D eigenvalue weighted by atomic mass is 10.1. The highest BCUT2D eigenvalue weighted by Gasteiger charge is 2.19. The Morgan fingerprint density at radius 2 is 2.33 bits per heavy atom. The highest BCUT2D eigenvalue weighted by molar-refractivity contribution is 4.75. The van der Waals surface area contributed by atoms with Crippen molar-refractivity contribution in [3.8, 4) is 0 Å². The maximum atomic E-state index is 5.57. The molecule has 0 spiro atoms. The first-order chi connectivity index (χ1) is 5.74. The van der Waals surface area contributed by atoms with Gasteiger partial charge in [-0.15, -0.1) is 0 Å². The first-order valence-corrected chi connectivity index (χ1v) is 5.18. The SMILES string of the molecule is CC(CN)CCN1CCCC1C. The van der Waals surface area contributed by atoms with Crippen molar-refractivity contribution < 1.29 is 0 Å². The standard InChI is InChI=1S/C10H22N2/c1-9(8-11)5-7-12-6-3-4-10(12)2/h9-10H,3-8,11H2,1-2H3. The summed E-state index contributed by atoms with van der Waals surface area (Å²) in [5.41, 5.74) is 5.57. The minimum Gasteiger partial charge on any atom is -0.330 e. The van der Waals surface area contributed by atoms with Gasteiger partial charge in [-0.1, -0.05) is 6.92 Å². The van der Waals surface area contributed by atoms with Crippen LogP contribution in [0, 0.1) is 5.92 Å². The van der Waals surface area contributed by atoms with Crippen LogP contribution in [0.2, 0.25) is 0 Å². The van der Waals surface area contributed by atoms with Gasteiger partial charge in [-0.05, 0) is 51.7 Å². The fraction of sp³-hybridized carbons (Fsp3) is 1.00. The van der Waals surface area contributed by atoms with Gasteiger partial charge < -0.3 is 10.6 Å². The molecule has 0 amide bonds. The lowest BCUT2D eigenvalue weighted by molar-refractivity contribution is 0.250. The second kappa shape index (κ2) is 4.83. The predicted molar refractivity (Wildman–Crippen MR) is 53.1 cm³/mol. The van der Waals surface area contributed by atoms with Gasteiger partial charge in [-0.3, -0.25) is 0 Å². The maximum absolute atomic E-state index is 5.57. The molecule has 0 saturated carbocycles. The van der Waals surface area contributed by atoms with E-state index in [0.717, 1.165) is 12.6 Å². The molecule has 1 heterocycles. The van der Waals surface area contributed by atoms with E-state index in [0.29, 0.717) is 5.92 Å². The van der Waals surface area contributed by atoms with Crippen molar-refractivity contribution in [1.82, 2.24) is 4.90 Å². The highest BCUT2D eigenvalue weighted by atomic mass is 15.2. The Labute approximate surface area is 76.1 Å². The van der Waals surface area contributed by atoms with E-state index < -0.39 is 0 Å². The molecule has 72 valence electrons. The van der Waals surface area contributed by atoms with Gasteiger partial charge in [0.1, 0.15) is 0 Å². The summed E-state index contributed by atoms with van der Waals surface area (Å²) < 4.78 is 0. The minimum atomic E-state index is 0.692.